The van der Waals surface area contributed by atoms with Crippen LogP contribution in [0.15, 0.2) is 97.1 Å². The van der Waals surface area contributed by atoms with Gasteiger partial charge in [0.1, 0.15) is 17.4 Å². The van der Waals surface area contributed by atoms with E-state index in [0.29, 0.717) is 29.9 Å². The third kappa shape index (κ3) is 6.16. The number of carboxylic acids is 1. The molecule has 0 aliphatic rings. The van der Waals surface area contributed by atoms with Crippen molar-refractivity contribution in [3.63, 3.8) is 0 Å². The standard InChI is InChI=1S/C33H34F2O4Si/c1-23(39-31-18-16-25(34)22-29(31)24-15-17-28(32(36)37)30(35)21-24)19-20-38-40(33(2,3)4,26-11-7-5-8-12-26)27-13-9-6-10-14-27/h5-18,21-23H,19-20H2,1-4H3,(H,36,37)/t23-/m1/s1. The summed E-state index contributed by atoms with van der Waals surface area (Å²) >= 11 is 0. The number of benzene rings is 4. The fourth-order valence-electron chi connectivity index (χ4n) is 5.10. The van der Waals surface area contributed by atoms with Gasteiger partial charge in [-0.25, -0.2) is 13.6 Å². The Morgan fingerprint density at radius 2 is 1.48 bits per heavy atom. The Balaban J connectivity index is 1.57. The van der Waals surface area contributed by atoms with Crippen molar-refractivity contribution in [2.75, 3.05) is 6.61 Å². The zero-order valence-electron chi connectivity index (χ0n) is 23.2. The molecule has 0 radical (unpaired) electrons. The average molecular weight is 561 g/mol. The molecule has 4 aromatic carbocycles. The van der Waals surface area contributed by atoms with Gasteiger partial charge in [-0.15, -0.1) is 0 Å². The summed E-state index contributed by atoms with van der Waals surface area (Å²) in [6.07, 6.45) is 0.263. The lowest BCUT2D eigenvalue weighted by atomic mass is 10.0. The van der Waals surface area contributed by atoms with Crippen molar-refractivity contribution in [2.24, 2.45) is 0 Å². The van der Waals surface area contributed by atoms with Gasteiger partial charge in [-0.1, -0.05) is 87.5 Å². The highest BCUT2D eigenvalue weighted by Gasteiger charge is 2.50. The van der Waals surface area contributed by atoms with Crippen molar-refractivity contribution >= 4 is 24.7 Å². The Bertz CT molecular complexity index is 1410. The summed E-state index contributed by atoms with van der Waals surface area (Å²) in [6.45, 7) is 9.01. The average Bonchev–Trinajstić information content (AvgIpc) is 2.92. The summed E-state index contributed by atoms with van der Waals surface area (Å²) < 4.78 is 41.8. The van der Waals surface area contributed by atoms with Gasteiger partial charge in [0.05, 0.1) is 11.7 Å². The van der Waals surface area contributed by atoms with Gasteiger partial charge in [0.15, 0.2) is 0 Å². The maximum atomic E-state index is 14.4. The first-order chi connectivity index (χ1) is 19.0. The third-order valence-corrected chi connectivity index (χ3v) is 12.1. The molecule has 0 saturated carbocycles. The molecule has 7 heteroatoms. The molecule has 1 N–H and O–H groups in total. The molecule has 4 rings (SSSR count). The van der Waals surface area contributed by atoms with Gasteiger partial charge in [-0.05, 0) is 58.2 Å². The molecule has 4 nitrogen and oxygen atoms in total. The lowest BCUT2D eigenvalue weighted by Crippen LogP contribution is -2.66. The van der Waals surface area contributed by atoms with Crippen molar-refractivity contribution in [2.45, 2.75) is 45.3 Å². The van der Waals surface area contributed by atoms with Crippen molar-refractivity contribution in [1.82, 2.24) is 0 Å². The molecule has 0 heterocycles. The number of aromatic carboxylic acids is 1. The van der Waals surface area contributed by atoms with Gasteiger partial charge in [-0.2, -0.15) is 0 Å². The van der Waals surface area contributed by atoms with Crippen LogP contribution in [0.4, 0.5) is 8.78 Å². The number of halogens is 2. The molecule has 0 spiro atoms. The molecule has 0 bridgehead atoms. The van der Waals surface area contributed by atoms with E-state index in [1.807, 2.05) is 43.3 Å². The molecule has 40 heavy (non-hydrogen) atoms. The first-order valence-electron chi connectivity index (χ1n) is 13.3. The smallest absolute Gasteiger partial charge is 0.338 e. The maximum absolute atomic E-state index is 14.4. The molecule has 0 fully saturated rings. The molecule has 0 aliphatic heterocycles. The van der Waals surface area contributed by atoms with Crippen molar-refractivity contribution in [1.29, 1.82) is 0 Å². The van der Waals surface area contributed by atoms with E-state index in [-0.39, 0.29) is 11.1 Å². The van der Waals surface area contributed by atoms with Gasteiger partial charge in [0.2, 0.25) is 0 Å². The zero-order valence-corrected chi connectivity index (χ0v) is 24.2. The van der Waals surface area contributed by atoms with E-state index < -0.39 is 31.5 Å². The number of carboxylic acid groups (broad SMARTS) is 1. The predicted octanol–water partition coefficient (Wildman–Crippen LogP) is 7.06. The second kappa shape index (κ2) is 12.1. The summed E-state index contributed by atoms with van der Waals surface area (Å²) in [5, 5.41) is 11.4. The van der Waals surface area contributed by atoms with E-state index in [2.05, 4.69) is 45.0 Å². The van der Waals surface area contributed by atoms with Gasteiger partial charge >= 0.3 is 5.97 Å². The number of carbonyl (C=O) groups is 1. The molecule has 4 aromatic rings. The van der Waals surface area contributed by atoms with Crippen molar-refractivity contribution in [3.05, 3.63) is 114 Å². The van der Waals surface area contributed by atoms with E-state index in [1.54, 1.807) is 0 Å². The van der Waals surface area contributed by atoms with Crippen LogP contribution in [0.3, 0.4) is 0 Å². The predicted molar refractivity (Wildman–Crippen MR) is 157 cm³/mol. The fraction of sp³-hybridized carbons (Fsp3) is 0.242. The SMILES string of the molecule is C[C@H](CCO[Si](c1ccccc1)(c1ccccc1)C(C)(C)C)Oc1ccc(F)cc1-c1ccc(C(=O)O)c(F)c1. The molecule has 208 valence electrons. The molecule has 0 aliphatic carbocycles. The Hall–Kier alpha value is -3.81. The Labute approximate surface area is 235 Å². The molecular formula is C33H34F2O4Si. The summed E-state index contributed by atoms with van der Waals surface area (Å²) in [5.41, 5.74) is 0.222. The van der Waals surface area contributed by atoms with Crippen LogP contribution in [0.2, 0.25) is 5.04 Å². The summed E-state index contributed by atoms with van der Waals surface area (Å²) in [6, 6.07) is 28.5. The highest BCUT2D eigenvalue weighted by atomic mass is 28.4. The van der Waals surface area contributed by atoms with Crippen LogP contribution in [0, 0.1) is 11.6 Å². The number of rotatable bonds is 10. The Kier molecular flexibility index (Phi) is 8.86. The quantitative estimate of drug-likeness (QED) is 0.211. The van der Waals surface area contributed by atoms with Crippen LogP contribution in [0.25, 0.3) is 11.1 Å². The monoisotopic (exact) mass is 560 g/mol. The molecule has 0 saturated heterocycles. The van der Waals surface area contributed by atoms with E-state index >= 15 is 0 Å². The van der Waals surface area contributed by atoms with Crippen LogP contribution in [0.5, 0.6) is 5.75 Å². The van der Waals surface area contributed by atoms with Gasteiger partial charge < -0.3 is 14.3 Å². The van der Waals surface area contributed by atoms with Crippen LogP contribution in [-0.4, -0.2) is 32.1 Å². The van der Waals surface area contributed by atoms with Crippen molar-refractivity contribution < 1.29 is 27.8 Å². The zero-order chi connectivity index (χ0) is 28.9. The number of ether oxygens (including phenoxy) is 1. The Morgan fingerprint density at radius 1 is 0.875 bits per heavy atom. The van der Waals surface area contributed by atoms with Crippen molar-refractivity contribution in [3.8, 4) is 16.9 Å². The summed E-state index contributed by atoms with van der Waals surface area (Å²) in [7, 11) is -2.69. The minimum Gasteiger partial charge on any atom is -0.490 e. The first kappa shape index (κ1) is 29.2. The lowest BCUT2D eigenvalue weighted by Gasteiger charge is -2.43. The second-order valence-corrected chi connectivity index (χ2v) is 15.2. The third-order valence-electron chi connectivity index (χ3n) is 7.04. The van der Waals surface area contributed by atoms with Gasteiger partial charge in [0.25, 0.3) is 8.32 Å². The summed E-state index contributed by atoms with van der Waals surface area (Å²) in [5.74, 6) is -2.39. The highest BCUT2D eigenvalue weighted by Crippen LogP contribution is 2.37. The van der Waals surface area contributed by atoms with E-state index in [1.165, 1.54) is 40.7 Å². The first-order valence-corrected chi connectivity index (χ1v) is 15.2. The topological polar surface area (TPSA) is 55.8 Å². The normalized spacial score (nSPS) is 12.7. The van der Waals surface area contributed by atoms with E-state index in [0.717, 1.165) is 6.07 Å². The lowest BCUT2D eigenvalue weighted by molar-refractivity contribution is 0.0692. The maximum Gasteiger partial charge on any atom is 0.338 e. The van der Waals surface area contributed by atoms with Crippen LogP contribution < -0.4 is 15.1 Å². The largest absolute Gasteiger partial charge is 0.490 e. The van der Waals surface area contributed by atoms with E-state index in [9.17, 15) is 13.6 Å². The molecular weight excluding hydrogens is 526 g/mol. The molecule has 0 amide bonds. The van der Waals surface area contributed by atoms with Crippen LogP contribution in [0.1, 0.15) is 44.5 Å². The van der Waals surface area contributed by atoms with Crippen LogP contribution >= 0.6 is 0 Å². The van der Waals surface area contributed by atoms with Gasteiger partial charge in [0, 0.05) is 18.6 Å². The second-order valence-electron chi connectivity index (χ2n) is 10.9. The molecule has 0 unspecified atom stereocenters. The number of hydrogen-bond acceptors (Lipinski definition) is 3. The Morgan fingerprint density at radius 3 is 2.00 bits per heavy atom. The van der Waals surface area contributed by atoms with Crippen LogP contribution in [-0.2, 0) is 4.43 Å². The fourth-order valence-corrected chi connectivity index (χ4v) is 9.68. The highest BCUT2D eigenvalue weighted by molar-refractivity contribution is 6.99. The molecule has 0 aromatic heterocycles. The minimum absolute atomic E-state index is 0.157. The van der Waals surface area contributed by atoms with E-state index in [4.69, 9.17) is 14.3 Å². The van der Waals surface area contributed by atoms with Gasteiger partial charge in [-0.3, -0.25) is 0 Å². The number of hydrogen-bond donors (Lipinski definition) is 1. The molecule has 1 atom stereocenters. The minimum atomic E-state index is -2.69. The summed E-state index contributed by atoms with van der Waals surface area (Å²) in [4.78, 5) is 11.2.